The first-order valence-electron chi connectivity index (χ1n) is 6.73. The van der Waals surface area contributed by atoms with Crippen LogP contribution in [0.1, 0.15) is 5.56 Å². The summed E-state index contributed by atoms with van der Waals surface area (Å²) >= 11 is 0. The highest BCUT2D eigenvalue weighted by molar-refractivity contribution is 5.93. The lowest BCUT2D eigenvalue weighted by atomic mass is 10.0. The molecule has 7 heteroatoms. The Kier molecular flexibility index (Phi) is 3.68. The van der Waals surface area contributed by atoms with Gasteiger partial charge >= 0.3 is 0 Å². The molecule has 3 rings (SSSR count). The molecule has 1 aliphatic rings. The minimum atomic E-state index is -0.451. The number of phenols is 1. The standard InChI is InChI=1S/C14H15N3O4/c18-14-9(6-10-8-15-4-5-21-10)7-12(17(19)20)11-2-1-3-16-13(11)14/h1-3,7,10,15,18H,4-6,8H2. The van der Waals surface area contributed by atoms with Crippen molar-refractivity contribution in [3.05, 3.63) is 40.1 Å². The van der Waals surface area contributed by atoms with Crippen molar-refractivity contribution in [1.29, 1.82) is 0 Å². The van der Waals surface area contributed by atoms with Crippen LogP contribution in [-0.4, -0.2) is 40.8 Å². The third-order valence-corrected chi connectivity index (χ3v) is 3.57. The zero-order valence-electron chi connectivity index (χ0n) is 11.3. The predicted octanol–water partition coefficient (Wildman–Crippen LogP) is 1.38. The van der Waals surface area contributed by atoms with Gasteiger partial charge in [-0.25, -0.2) is 0 Å². The number of non-ortho nitro benzene ring substituents is 1. The van der Waals surface area contributed by atoms with E-state index in [1.54, 1.807) is 12.1 Å². The van der Waals surface area contributed by atoms with Crippen LogP contribution in [0.4, 0.5) is 5.69 Å². The number of ether oxygens (including phenoxy) is 1. The van der Waals surface area contributed by atoms with E-state index in [1.165, 1.54) is 12.3 Å². The minimum Gasteiger partial charge on any atom is -0.505 e. The third kappa shape index (κ3) is 2.65. The zero-order valence-corrected chi connectivity index (χ0v) is 11.3. The Morgan fingerprint density at radius 3 is 3.14 bits per heavy atom. The van der Waals surface area contributed by atoms with Crippen LogP contribution in [0.2, 0.25) is 0 Å². The van der Waals surface area contributed by atoms with E-state index in [-0.39, 0.29) is 23.1 Å². The van der Waals surface area contributed by atoms with Gasteiger partial charge in [-0.15, -0.1) is 0 Å². The Morgan fingerprint density at radius 2 is 2.43 bits per heavy atom. The third-order valence-electron chi connectivity index (χ3n) is 3.57. The lowest BCUT2D eigenvalue weighted by Gasteiger charge is -2.24. The Balaban J connectivity index is 2.05. The number of hydrogen-bond acceptors (Lipinski definition) is 6. The Morgan fingerprint density at radius 1 is 1.57 bits per heavy atom. The maximum absolute atomic E-state index is 11.2. The van der Waals surface area contributed by atoms with Gasteiger partial charge in [0.15, 0.2) is 0 Å². The maximum Gasteiger partial charge on any atom is 0.279 e. The molecule has 1 saturated heterocycles. The number of aromatic hydroxyl groups is 1. The molecule has 1 aromatic carbocycles. The van der Waals surface area contributed by atoms with E-state index in [2.05, 4.69) is 10.3 Å². The first-order chi connectivity index (χ1) is 10.2. The summed E-state index contributed by atoms with van der Waals surface area (Å²) in [7, 11) is 0. The molecule has 0 saturated carbocycles. The molecule has 7 nitrogen and oxygen atoms in total. The van der Waals surface area contributed by atoms with Crippen molar-refractivity contribution in [3.63, 3.8) is 0 Å². The van der Waals surface area contributed by atoms with Gasteiger partial charge in [-0.2, -0.15) is 0 Å². The van der Waals surface area contributed by atoms with Crippen LogP contribution in [0.25, 0.3) is 10.9 Å². The molecule has 0 amide bonds. The highest BCUT2D eigenvalue weighted by Crippen LogP contribution is 2.35. The van der Waals surface area contributed by atoms with Crippen molar-refractivity contribution in [2.45, 2.75) is 12.5 Å². The molecule has 1 atom stereocenters. The number of nitrogens with one attached hydrogen (secondary N) is 1. The number of nitro benzene ring substituents is 1. The minimum absolute atomic E-state index is 0.00891. The van der Waals surface area contributed by atoms with E-state index in [1.807, 2.05) is 0 Å². The normalized spacial score (nSPS) is 18.8. The smallest absolute Gasteiger partial charge is 0.279 e. The number of morpholine rings is 1. The summed E-state index contributed by atoms with van der Waals surface area (Å²) < 4.78 is 5.59. The molecule has 0 bridgehead atoms. The number of fused-ring (bicyclic) bond motifs is 1. The van der Waals surface area contributed by atoms with Crippen molar-refractivity contribution < 1.29 is 14.8 Å². The van der Waals surface area contributed by atoms with Gasteiger partial charge in [0, 0.05) is 37.3 Å². The van der Waals surface area contributed by atoms with E-state index >= 15 is 0 Å². The number of pyridine rings is 1. The van der Waals surface area contributed by atoms with E-state index in [9.17, 15) is 15.2 Å². The van der Waals surface area contributed by atoms with E-state index in [0.717, 1.165) is 6.54 Å². The second-order valence-corrected chi connectivity index (χ2v) is 4.96. The molecule has 1 aliphatic heterocycles. The molecule has 2 aromatic rings. The second kappa shape index (κ2) is 5.63. The van der Waals surface area contributed by atoms with Crippen molar-refractivity contribution in [3.8, 4) is 5.75 Å². The summed E-state index contributed by atoms with van der Waals surface area (Å²) in [6.45, 7) is 2.05. The lowest BCUT2D eigenvalue weighted by molar-refractivity contribution is -0.383. The number of benzene rings is 1. The van der Waals surface area contributed by atoms with Gasteiger partial charge in [-0.1, -0.05) is 0 Å². The Hall–Kier alpha value is -2.25. The molecule has 1 aromatic heterocycles. The van der Waals surface area contributed by atoms with Gasteiger partial charge in [0.05, 0.1) is 23.0 Å². The van der Waals surface area contributed by atoms with Crippen LogP contribution in [0.3, 0.4) is 0 Å². The SMILES string of the molecule is O=[N+]([O-])c1cc(CC2CNCCO2)c(O)c2ncccc12. The Bertz CT molecular complexity index is 683. The average molecular weight is 289 g/mol. The van der Waals surface area contributed by atoms with Crippen molar-refractivity contribution in [1.82, 2.24) is 10.3 Å². The van der Waals surface area contributed by atoms with Gasteiger partial charge in [-0.05, 0) is 12.1 Å². The summed E-state index contributed by atoms with van der Waals surface area (Å²) in [5.74, 6) is -0.00891. The monoisotopic (exact) mass is 289 g/mol. The molecule has 0 radical (unpaired) electrons. The first kappa shape index (κ1) is 13.7. The molecule has 0 spiro atoms. The lowest BCUT2D eigenvalue weighted by Crippen LogP contribution is -2.39. The number of aromatic nitrogens is 1. The van der Waals surface area contributed by atoms with Crippen molar-refractivity contribution in [2.24, 2.45) is 0 Å². The second-order valence-electron chi connectivity index (χ2n) is 4.96. The van der Waals surface area contributed by atoms with Gasteiger partial charge in [0.25, 0.3) is 5.69 Å². The fraction of sp³-hybridized carbons (Fsp3) is 0.357. The Labute approximate surface area is 120 Å². The van der Waals surface area contributed by atoms with Gasteiger partial charge < -0.3 is 15.2 Å². The molecular weight excluding hydrogens is 274 g/mol. The molecule has 110 valence electrons. The topological polar surface area (TPSA) is 97.5 Å². The number of hydrogen-bond donors (Lipinski definition) is 2. The number of phenolic OH excluding ortho intramolecular Hbond substituents is 1. The number of nitro groups is 1. The molecule has 0 aliphatic carbocycles. The van der Waals surface area contributed by atoms with Gasteiger partial charge in [0.1, 0.15) is 11.3 Å². The van der Waals surface area contributed by atoms with Gasteiger partial charge in [0.2, 0.25) is 0 Å². The highest BCUT2D eigenvalue weighted by atomic mass is 16.6. The van der Waals surface area contributed by atoms with Crippen LogP contribution in [0.5, 0.6) is 5.75 Å². The van der Waals surface area contributed by atoms with Crippen molar-refractivity contribution in [2.75, 3.05) is 19.7 Å². The van der Waals surface area contributed by atoms with Crippen LogP contribution >= 0.6 is 0 Å². The summed E-state index contributed by atoms with van der Waals surface area (Å²) in [6, 6.07) is 4.61. The van der Waals surface area contributed by atoms with E-state index < -0.39 is 4.92 Å². The summed E-state index contributed by atoms with van der Waals surface area (Å²) in [4.78, 5) is 14.8. The molecule has 21 heavy (non-hydrogen) atoms. The molecular formula is C14H15N3O4. The maximum atomic E-state index is 11.2. The van der Waals surface area contributed by atoms with E-state index in [0.29, 0.717) is 30.5 Å². The fourth-order valence-corrected chi connectivity index (χ4v) is 2.57. The molecule has 1 fully saturated rings. The average Bonchev–Trinajstić information content (AvgIpc) is 2.51. The van der Waals surface area contributed by atoms with Crippen LogP contribution < -0.4 is 5.32 Å². The number of nitrogens with zero attached hydrogens (tertiary/aromatic N) is 2. The number of rotatable bonds is 3. The quantitative estimate of drug-likeness (QED) is 0.654. The first-order valence-corrected chi connectivity index (χ1v) is 6.73. The summed E-state index contributed by atoms with van der Waals surface area (Å²) in [6.07, 6.45) is 1.81. The zero-order chi connectivity index (χ0) is 14.8. The van der Waals surface area contributed by atoms with Crippen LogP contribution in [-0.2, 0) is 11.2 Å². The summed E-state index contributed by atoms with van der Waals surface area (Å²) in [5, 5.41) is 25.1. The van der Waals surface area contributed by atoms with Gasteiger partial charge in [-0.3, -0.25) is 15.1 Å². The summed E-state index contributed by atoms with van der Waals surface area (Å²) in [5.41, 5.74) is 0.696. The fourth-order valence-electron chi connectivity index (χ4n) is 2.57. The molecule has 2 heterocycles. The molecule has 2 N–H and O–H groups in total. The van der Waals surface area contributed by atoms with Crippen LogP contribution in [0, 0.1) is 10.1 Å². The predicted molar refractivity (Wildman–Crippen MR) is 76.4 cm³/mol. The molecule has 1 unspecified atom stereocenters. The largest absolute Gasteiger partial charge is 0.505 e. The highest BCUT2D eigenvalue weighted by Gasteiger charge is 2.22. The van der Waals surface area contributed by atoms with E-state index in [4.69, 9.17) is 4.74 Å². The van der Waals surface area contributed by atoms with Crippen molar-refractivity contribution >= 4 is 16.6 Å². The van der Waals surface area contributed by atoms with Crippen LogP contribution in [0.15, 0.2) is 24.4 Å².